The third kappa shape index (κ3) is 5.13. The van der Waals surface area contributed by atoms with Gasteiger partial charge in [-0.1, -0.05) is 0 Å². The van der Waals surface area contributed by atoms with Crippen molar-refractivity contribution in [3.8, 4) is 0 Å². The Morgan fingerprint density at radius 3 is 2.22 bits per heavy atom. The van der Waals surface area contributed by atoms with E-state index in [1.807, 2.05) is 0 Å². The van der Waals surface area contributed by atoms with Gasteiger partial charge in [0.05, 0.1) is 31.5 Å². The van der Waals surface area contributed by atoms with Crippen molar-refractivity contribution in [1.82, 2.24) is 5.32 Å². The van der Waals surface area contributed by atoms with Gasteiger partial charge in [-0.3, -0.25) is 4.79 Å². The van der Waals surface area contributed by atoms with E-state index < -0.39 is 80.3 Å². The van der Waals surface area contributed by atoms with E-state index in [9.17, 15) is 35.4 Å². The fourth-order valence-corrected chi connectivity index (χ4v) is 3.41. The molecule has 11 heteroatoms. The fraction of sp³-hybridized carbons (Fsp3) is 0.938. The van der Waals surface area contributed by atoms with Gasteiger partial charge in [-0.15, -0.1) is 0 Å². The van der Waals surface area contributed by atoms with E-state index in [2.05, 4.69) is 5.32 Å². The lowest BCUT2D eigenvalue weighted by molar-refractivity contribution is -0.292. The van der Waals surface area contributed by atoms with Crippen LogP contribution in [0.5, 0.6) is 0 Å². The van der Waals surface area contributed by atoms with E-state index in [0.29, 0.717) is 0 Å². The Balaban J connectivity index is 2.18. The zero-order chi connectivity index (χ0) is 20.3. The minimum atomic E-state index is -1.44. The lowest BCUT2D eigenvalue weighted by Gasteiger charge is -2.44. The molecule has 2 heterocycles. The number of carbonyl (C=O) groups excluding carboxylic acids is 1. The molecule has 2 saturated heterocycles. The molecule has 2 rings (SSSR count). The summed E-state index contributed by atoms with van der Waals surface area (Å²) in [4.78, 5) is 11.4. The second kappa shape index (κ2) is 9.54. The molecular formula is C16H29NO10. The first kappa shape index (κ1) is 22.4. The molecule has 1 amide bonds. The summed E-state index contributed by atoms with van der Waals surface area (Å²) in [6.45, 7) is 1.76. The summed E-state index contributed by atoms with van der Waals surface area (Å²) in [6.07, 6.45) is -11.2. The van der Waals surface area contributed by atoms with Crippen LogP contribution >= 0.6 is 0 Å². The number of carbonyl (C=O) groups is 1. The number of aliphatic hydroxyl groups excluding tert-OH is 6. The summed E-state index contributed by atoms with van der Waals surface area (Å²) in [5.74, 6) is -0.395. The maximum Gasteiger partial charge on any atom is 0.217 e. The molecule has 0 bridgehead atoms. The third-order valence-electron chi connectivity index (χ3n) is 4.87. The van der Waals surface area contributed by atoms with Crippen LogP contribution in [0.15, 0.2) is 0 Å². The van der Waals surface area contributed by atoms with Crippen LogP contribution in [-0.4, -0.2) is 111 Å². The Morgan fingerprint density at radius 2 is 1.67 bits per heavy atom. The minimum Gasteiger partial charge on any atom is -0.394 e. The highest BCUT2D eigenvalue weighted by Gasteiger charge is 2.47. The van der Waals surface area contributed by atoms with Gasteiger partial charge in [0, 0.05) is 13.3 Å². The molecule has 11 nitrogen and oxygen atoms in total. The molecule has 0 radical (unpaired) electrons. The molecule has 7 N–H and O–H groups in total. The van der Waals surface area contributed by atoms with Gasteiger partial charge in [0.1, 0.15) is 36.6 Å². The molecule has 0 aromatic carbocycles. The smallest absolute Gasteiger partial charge is 0.217 e. The van der Waals surface area contributed by atoms with Gasteiger partial charge in [0.2, 0.25) is 5.91 Å². The Kier molecular flexibility index (Phi) is 7.92. The molecule has 0 saturated carbocycles. The number of aliphatic hydroxyl groups is 6. The minimum absolute atomic E-state index is 0.290. The van der Waals surface area contributed by atoms with Gasteiger partial charge in [0.25, 0.3) is 0 Å². The summed E-state index contributed by atoms with van der Waals surface area (Å²) in [5.41, 5.74) is 0. The lowest BCUT2D eigenvalue weighted by atomic mass is 9.93. The summed E-state index contributed by atoms with van der Waals surface area (Å²) in [6, 6.07) is -0.831. The van der Waals surface area contributed by atoms with Gasteiger partial charge in [-0.2, -0.15) is 0 Å². The Morgan fingerprint density at radius 1 is 1.04 bits per heavy atom. The summed E-state index contributed by atoms with van der Waals surface area (Å²) < 4.78 is 16.6. The first-order valence-corrected chi connectivity index (χ1v) is 8.87. The number of rotatable bonds is 5. The lowest BCUT2D eigenvalue weighted by Crippen LogP contribution is -2.64. The highest BCUT2D eigenvalue weighted by Crippen LogP contribution is 2.28. The first-order valence-electron chi connectivity index (χ1n) is 8.87. The zero-order valence-corrected chi connectivity index (χ0v) is 15.2. The van der Waals surface area contributed by atoms with Crippen molar-refractivity contribution < 1.29 is 49.6 Å². The maximum atomic E-state index is 11.4. The molecule has 0 aromatic heterocycles. The predicted molar refractivity (Wildman–Crippen MR) is 88.3 cm³/mol. The van der Waals surface area contributed by atoms with Gasteiger partial charge >= 0.3 is 0 Å². The van der Waals surface area contributed by atoms with Crippen LogP contribution in [0.1, 0.15) is 20.3 Å². The van der Waals surface area contributed by atoms with Crippen LogP contribution in [0.25, 0.3) is 0 Å². The second-order valence-electron chi connectivity index (χ2n) is 6.97. The molecule has 0 spiro atoms. The van der Waals surface area contributed by atoms with Gasteiger partial charge in [-0.05, 0) is 6.92 Å². The zero-order valence-electron chi connectivity index (χ0n) is 15.2. The highest BCUT2D eigenvalue weighted by molar-refractivity contribution is 5.73. The summed E-state index contributed by atoms with van der Waals surface area (Å²) >= 11 is 0. The quantitative estimate of drug-likeness (QED) is 0.244. The number of ether oxygens (including phenoxy) is 3. The molecule has 2 aliphatic heterocycles. The van der Waals surface area contributed by atoms with Crippen molar-refractivity contribution in [3.05, 3.63) is 0 Å². The van der Waals surface area contributed by atoms with E-state index >= 15 is 0 Å². The monoisotopic (exact) mass is 395 g/mol. The Hall–Kier alpha value is -0.890. The van der Waals surface area contributed by atoms with Gasteiger partial charge < -0.3 is 50.2 Å². The SMILES string of the molecule is CC(=O)NC1C(O)[C@H](O[C@@H]2OC(CO)[C@H](O)C(O)CC2O)C(CO)O[C@H]1C. The van der Waals surface area contributed by atoms with Gasteiger partial charge in [0.15, 0.2) is 6.29 Å². The van der Waals surface area contributed by atoms with Crippen molar-refractivity contribution in [2.45, 2.75) is 81.4 Å². The van der Waals surface area contributed by atoms with Crippen molar-refractivity contribution in [2.75, 3.05) is 13.2 Å². The van der Waals surface area contributed by atoms with Crippen LogP contribution in [0.2, 0.25) is 0 Å². The third-order valence-corrected chi connectivity index (χ3v) is 4.87. The topological polar surface area (TPSA) is 178 Å². The molecule has 0 aromatic rings. The van der Waals surface area contributed by atoms with E-state index in [4.69, 9.17) is 14.2 Å². The van der Waals surface area contributed by atoms with E-state index in [0.717, 1.165) is 0 Å². The molecule has 10 atom stereocenters. The first-order chi connectivity index (χ1) is 12.7. The molecule has 0 aliphatic carbocycles. The predicted octanol–water partition coefficient (Wildman–Crippen LogP) is -3.79. The fourth-order valence-electron chi connectivity index (χ4n) is 3.41. The molecule has 2 aliphatic rings. The van der Waals surface area contributed by atoms with Gasteiger partial charge in [-0.25, -0.2) is 0 Å². The largest absolute Gasteiger partial charge is 0.394 e. The molecule has 2 fully saturated rings. The molecule has 158 valence electrons. The average Bonchev–Trinajstić information content (AvgIpc) is 2.71. The number of hydrogen-bond donors (Lipinski definition) is 7. The van der Waals surface area contributed by atoms with Crippen LogP contribution in [0.3, 0.4) is 0 Å². The Labute approximate surface area is 156 Å². The molecular weight excluding hydrogens is 366 g/mol. The van der Waals surface area contributed by atoms with E-state index in [-0.39, 0.29) is 6.42 Å². The van der Waals surface area contributed by atoms with Crippen LogP contribution in [0.4, 0.5) is 0 Å². The van der Waals surface area contributed by atoms with Crippen molar-refractivity contribution in [2.24, 2.45) is 0 Å². The summed E-state index contributed by atoms with van der Waals surface area (Å²) in [7, 11) is 0. The molecule has 6 unspecified atom stereocenters. The van der Waals surface area contributed by atoms with Crippen molar-refractivity contribution in [3.63, 3.8) is 0 Å². The standard InChI is InChI=1S/C16H29NO10/c1-6-12(17-7(2)20)14(24)15(11(5-19)25-6)27-16-9(22)3-8(21)13(23)10(4-18)26-16/h6,8-16,18-19,21-24H,3-5H2,1-2H3,(H,17,20)/t6-,8?,9?,10?,11?,12?,13+,14?,15+,16-/m0/s1. The molecule has 27 heavy (non-hydrogen) atoms. The average molecular weight is 395 g/mol. The Bertz CT molecular complexity index is 494. The highest BCUT2D eigenvalue weighted by atomic mass is 16.7. The normalized spacial score (nSPS) is 45.9. The van der Waals surface area contributed by atoms with Crippen LogP contribution in [0, 0.1) is 0 Å². The van der Waals surface area contributed by atoms with E-state index in [1.54, 1.807) is 6.92 Å². The van der Waals surface area contributed by atoms with Crippen LogP contribution in [-0.2, 0) is 19.0 Å². The van der Waals surface area contributed by atoms with E-state index in [1.165, 1.54) is 6.92 Å². The summed E-state index contributed by atoms with van der Waals surface area (Å²) in [5, 5.41) is 62.1. The number of amides is 1. The van der Waals surface area contributed by atoms with Crippen molar-refractivity contribution in [1.29, 1.82) is 0 Å². The number of nitrogens with one attached hydrogen (secondary N) is 1. The van der Waals surface area contributed by atoms with Crippen molar-refractivity contribution >= 4 is 5.91 Å². The second-order valence-corrected chi connectivity index (χ2v) is 6.97. The van der Waals surface area contributed by atoms with Crippen LogP contribution < -0.4 is 5.32 Å². The maximum absolute atomic E-state index is 11.4. The number of hydrogen-bond acceptors (Lipinski definition) is 10.